The molecule has 0 saturated heterocycles. The van der Waals surface area contributed by atoms with Gasteiger partial charge in [0.05, 0.1) is 33.3 Å². The molecule has 4 rings (SSSR count). The fourth-order valence-corrected chi connectivity index (χ4v) is 5.84. The lowest BCUT2D eigenvalue weighted by Gasteiger charge is -2.45. The highest BCUT2D eigenvalue weighted by Crippen LogP contribution is 2.45. The molecular formula is C27H31NO7S. The van der Waals surface area contributed by atoms with Gasteiger partial charge in [-0.05, 0) is 61.0 Å². The van der Waals surface area contributed by atoms with E-state index in [4.69, 9.17) is 23.1 Å². The van der Waals surface area contributed by atoms with Gasteiger partial charge < -0.3 is 18.9 Å². The fourth-order valence-electron chi connectivity index (χ4n) is 4.62. The molecule has 1 aliphatic heterocycles. The van der Waals surface area contributed by atoms with Gasteiger partial charge in [-0.15, -0.1) is 0 Å². The number of benzene rings is 3. The second kappa shape index (κ2) is 10.4. The van der Waals surface area contributed by atoms with E-state index in [2.05, 4.69) is 0 Å². The predicted molar refractivity (Wildman–Crippen MR) is 136 cm³/mol. The minimum absolute atomic E-state index is 0.0812. The number of fused-ring (bicyclic) bond motifs is 1. The molecule has 0 saturated carbocycles. The molecule has 3 aromatic carbocycles. The third-order valence-electron chi connectivity index (χ3n) is 6.53. The van der Waals surface area contributed by atoms with Crippen LogP contribution in [0, 0.1) is 0 Å². The Kier molecular flexibility index (Phi) is 7.44. The second-order valence-electron chi connectivity index (χ2n) is 8.54. The number of methoxy groups -OCH3 is 4. The van der Waals surface area contributed by atoms with Gasteiger partial charge in [0, 0.05) is 18.5 Å². The van der Waals surface area contributed by atoms with Crippen LogP contribution in [0.1, 0.15) is 16.7 Å². The third-order valence-corrected chi connectivity index (χ3v) is 7.88. The zero-order chi connectivity index (χ0) is 25.9. The topological polar surface area (TPSA) is 83.5 Å². The van der Waals surface area contributed by atoms with Crippen molar-refractivity contribution in [2.24, 2.45) is 0 Å². The monoisotopic (exact) mass is 513 g/mol. The van der Waals surface area contributed by atoms with Crippen molar-refractivity contribution in [3.63, 3.8) is 0 Å². The van der Waals surface area contributed by atoms with Crippen molar-refractivity contribution >= 4 is 10.1 Å². The summed E-state index contributed by atoms with van der Waals surface area (Å²) in [5.74, 6) is 2.19. The first-order chi connectivity index (χ1) is 17.3. The van der Waals surface area contributed by atoms with E-state index in [0.717, 1.165) is 11.1 Å². The fraction of sp³-hybridized carbons (Fsp3) is 0.333. The van der Waals surface area contributed by atoms with Crippen LogP contribution in [-0.2, 0) is 32.9 Å². The van der Waals surface area contributed by atoms with Crippen LogP contribution in [0.5, 0.6) is 23.0 Å². The Balaban J connectivity index is 1.92. The number of ether oxygens (including phenoxy) is 4. The van der Waals surface area contributed by atoms with Crippen LogP contribution in [0.3, 0.4) is 0 Å². The van der Waals surface area contributed by atoms with Gasteiger partial charge in [-0.3, -0.25) is 4.90 Å². The third kappa shape index (κ3) is 4.74. The van der Waals surface area contributed by atoms with Crippen molar-refractivity contribution in [3.8, 4) is 23.0 Å². The summed E-state index contributed by atoms with van der Waals surface area (Å²) in [6.07, 6.45) is 0.910. The number of nitrogens with zero attached hydrogens (tertiary/aromatic N) is 1. The summed E-state index contributed by atoms with van der Waals surface area (Å²) in [7, 11) is 3.97. The van der Waals surface area contributed by atoms with Crippen LogP contribution in [0.25, 0.3) is 0 Å². The van der Waals surface area contributed by atoms with Gasteiger partial charge in [-0.1, -0.05) is 24.3 Å². The summed E-state index contributed by atoms with van der Waals surface area (Å²) < 4.78 is 55.4. The molecule has 0 bridgehead atoms. The Morgan fingerprint density at radius 3 is 2.06 bits per heavy atom. The lowest BCUT2D eigenvalue weighted by Crippen LogP contribution is -2.53. The molecule has 192 valence electrons. The Morgan fingerprint density at radius 1 is 0.806 bits per heavy atom. The normalized spacial score (nSPS) is 17.8. The standard InChI is InChI=1S/C27H31NO7S/c1-28-14-13-20-16-25(33-4)26(34-5)17-22(20)27(28,35-36(29,30)21-9-7-6-8-10-21)18-19-11-12-23(31-2)24(15-19)32-3/h6-12,15-17H,13-14,18H2,1-5H3/t27-/m1/s1. The van der Waals surface area contributed by atoms with E-state index < -0.39 is 15.8 Å². The smallest absolute Gasteiger partial charge is 0.299 e. The zero-order valence-corrected chi connectivity index (χ0v) is 21.9. The van der Waals surface area contributed by atoms with E-state index in [1.54, 1.807) is 52.7 Å². The van der Waals surface area contributed by atoms with E-state index in [1.165, 1.54) is 12.1 Å². The van der Waals surface area contributed by atoms with Crippen LogP contribution in [0.15, 0.2) is 65.6 Å². The molecule has 0 spiro atoms. The van der Waals surface area contributed by atoms with Gasteiger partial charge in [0.15, 0.2) is 28.7 Å². The van der Waals surface area contributed by atoms with Gasteiger partial charge in [-0.2, -0.15) is 8.42 Å². The summed E-state index contributed by atoms with van der Waals surface area (Å²) in [5.41, 5.74) is 1.07. The van der Waals surface area contributed by atoms with Gasteiger partial charge in [-0.25, -0.2) is 4.18 Å². The summed E-state index contributed by atoms with van der Waals surface area (Å²) in [6, 6.07) is 17.4. The van der Waals surface area contributed by atoms with Crippen molar-refractivity contribution < 1.29 is 31.5 Å². The number of hydrogen-bond donors (Lipinski definition) is 0. The highest BCUT2D eigenvalue weighted by molar-refractivity contribution is 7.86. The largest absolute Gasteiger partial charge is 0.493 e. The molecule has 0 aromatic heterocycles. The van der Waals surface area contributed by atoms with E-state index in [1.807, 2.05) is 36.2 Å². The molecule has 9 heteroatoms. The van der Waals surface area contributed by atoms with Crippen molar-refractivity contribution in [3.05, 3.63) is 77.4 Å². The average molecular weight is 514 g/mol. The molecule has 0 unspecified atom stereocenters. The molecule has 8 nitrogen and oxygen atoms in total. The molecule has 1 heterocycles. The first kappa shape index (κ1) is 25.8. The SMILES string of the molecule is COc1ccc(C[C@@]2(OS(=O)(=O)c3ccccc3)c3cc(OC)c(OC)cc3CCN2C)cc1OC. The molecule has 1 aliphatic rings. The lowest BCUT2D eigenvalue weighted by molar-refractivity contribution is -0.0808. The van der Waals surface area contributed by atoms with Crippen molar-refractivity contribution in [1.82, 2.24) is 4.90 Å². The van der Waals surface area contributed by atoms with Gasteiger partial charge >= 0.3 is 0 Å². The summed E-state index contributed by atoms with van der Waals surface area (Å²) >= 11 is 0. The minimum atomic E-state index is -4.15. The quantitative estimate of drug-likeness (QED) is 0.397. The number of likely N-dealkylation sites (N-methyl/N-ethyl adjacent to an activating group) is 1. The van der Waals surface area contributed by atoms with E-state index in [0.29, 0.717) is 41.5 Å². The summed E-state index contributed by atoms with van der Waals surface area (Å²) in [5, 5.41) is 0. The highest BCUT2D eigenvalue weighted by atomic mass is 32.2. The second-order valence-corrected chi connectivity index (χ2v) is 10.1. The minimum Gasteiger partial charge on any atom is -0.493 e. The van der Waals surface area contributed by atoms with Gasteiger partial charge in [0.2, 0.25) is 0 Å². The Labute approximate surface area is 212 Å². The van der Waals surface area contributed by atoms with E-state index in [9.17, 15) is 8.42 Å². The van der Waals surface area contributed by atoms with Crippen molar-refractivity contribution in [2.75, 3.05) is 42.0 Å². The van der Waals surface area contributed by atoms with Crippen LogP contribution in [-0.4, -0.2) is 55.3 Å². The van der Waals surface area contributed by atoms with Crippen LogP contribution in [0.4, 0.5) is 0 Å². The summed E-state index contributed by atoms with van der Waals surface area (Å²) in [6.45, 7) is 0.570. The molecule has 0 radical (unpaired) electrons. The van der Waals surface area contributed by atoms with E-state index >= 15 is 0 Å². The Hall–Kier alpha value is -3.27. The van der Waals surface area contributed by atoms with E-state index in [-0.39, 0.29) is 11.3 Å². The lowest BCUT2D eigenvalue weighted by atomic mass is 9.85. The maximum absolute atomic E-state index is 13.6. The molecular weight excluding hydrogens is 482 g/mol. The molecule has 36 heavy (non-hydrogen) atoms. The predicted octanol–water partition coefficient (Wildman–Crippen LogP) is 4.01. The average Bonchev–Trinajstić information content (AvgIpc) is 2.90. The molecule has 0 N–H and O–H groups in total. The maximum atomic E-state index is 13.6. The number of rotatable bonds is 9. The first-order valence-corrected chi connectivity index (χ1v) is 12.9. The summed E-state index contributed by atoms with van der Waals surface area (Å²) in [4.78, 5) is 2.01. The van der Waals surface area contributed by atoms with Crippen LogP contribution in [0.2, 0.25) is 0 Å². The Bertz CT molecular complexity index is 1330. The molecule has 0 aliphatic carbocycles. The van der Waals surface area contributed by atoms with Crippen LogP contribution < -0.4 is 18.9 Å². The molecule has 1 atom stereocenters. The van der Waals surface area contributed by atoms with Crippen molar-refractivity contribution in [2.45, 2.75) is 23.5 Å². The number of hydrogen-bond acceptors (Lipinski definition) is 8. The maximum Gasteiger partial charge on any atom is 0.299 e. The van der Waals surface area contributed by atoms with Gasteiger partial charge in [0.25, 0.3) is 10.1 Å². The molecule has 0 fully saturated rings. The highest BCUT2D eigenvalue weighted by Gasteiger charge is 2.47. The first-order valence-electron chi connectivity index (χ1n) is 11.5. The molecule has 0 amide bonds. The van der Waals surface area contributed by atoms with Gasteiger partial charge in [0.1, 0.15) is 0 Å². The Morgan fingerprint density at radius 2 is 1.42 bits per heavy atom. The van der Waals surface area contributed by atoms with Crippen LogP contribution >= 0.6 is 0 Å². The molecule has 3 aromatic rings. The zero-order valence-electron chi connectivity index (χ0n) is 21.1. The van der Waals surface area contributed by atoms with Crippen molar-refractivity contribution in [1.29, 1.82) is 0 Å².